The number of carbonyl (C=O) groups excluding carboxylic acids is 3. The number of nitrogens with zero attached hydrogens (tertiary/aromatic N) is 3. The Bertz CT molecular complexity index is 1200. The Morgan fingerprint density at radius 1 is 1.14 bits per heavy atom. The third kappa shape index (κ3) is 8.61. The molecular weight excluding hydrogens is 556 g/mol. The Kier molecular flexibility index (Phi) is 12.5. The summed E-state index contributed by atoms with van der Waals surface area (Å²) in [4.78, 5) is 60.1. The van der Waals surface area contributed by atoms with Crippen LogP contribution in [0.2, 0.25) is 0 Å². The number of nitrogens with one attached hydrogen (secondary N) is 1. The van der Waals surface area contributed by atoms with E-state index in [1.165, 1.54) is 16.7 Å². The molecule has 0 bridgehead atoms. The fraction of sp³-hybridized carbons (Fsp3) is 0.581. The van der Waals surface area contributed by atoms with Gasteiger partial charge >= 0.3 is 12.1 Å². The molecule has 1 aromatic heterocycles. The van der Waals surface area contributed by atoms with Gasteiger partial charge in [-0.1, -0.05) is 70.9 Å². The molecular formula is C31H44N4O6S. The van der Waals surface area contributed by atoms with E-state index in [-0.39, 0.29) is 36.1 Å². The van der Waals surface area contributed by atoms with Crippen LogP contribution in [0, 0.1) is 11.8 Å². The van der Waals surface area contributed by atoms with Gasteiger partial charge in [-0.2, -0.15) is 0 Å². The van der Waals surface area contributed by atoms with Gasteiger partial charge in [-0.25, -0.2) is 19.5 Å². The van der Waals surface area contributed by atoms with E-state index in [1.807, 2.05) is 58.0 Å². The van der Waals surface area contributed by atoms with E-state index in [0.29, 0.717) is 37.2 Å². The highest BCUT2D eigenvalue weighted by Crippen LogP contribution is 2.26. The normalized spacial score (nSPS) is 17.2. The topological polar surface area (TPSA) is 129 Å². The molecule has 1 fully saturated rings. The summed E-state index contributed by atoms with van der Waals surface area (Å²) in [5, 5.41) is 14.6. The summed E-state index contributed by atoms with van der Waals surface area (Å²) < 4.78 is 5.66. The minimum atomic E-state index is -1.07. The van der Waals surface area contributed by atoms with Crippen molar-refractivity contribution in [1.29, 1.82) is 0 Å². The first-order chi connectivity index (χ1) is 20.0. The van der Waals surface area contributed by atoms with Gasteiger partial charge in [0.1, 0.15) is 12.6 Å². The Morgan fingerprint density at radius 2 is 1.86 bits per heavy atom. The quantitative estimate of drug-likeness (QED) is 0.329. The van der Waals surface area contributed by atoms with Gasteiger partial charge in [-0.05, 0) is 43.2 Å². The van der Waals surface area contributed by atoms with Gasteiger partial charge in [0.05, 0.1) is 11.0 Å². The summed E-state index contributed by atoms with van der Waals surface area (Å²) in [6.45, 7) is 8.49. The van der Waals surface area contributed by atoms with E-state index in [9.17, 15) is 24.3 Å². The second-order valence-corrected chi connectivity index (χ2v) is 12.3. The van der Waals surface area contributed by atoms with Crippen molar-refractivity contribution in [2.45, 2.75) is 91.0 Å². The third-order valence-corrected chi connectivity index (χ3v) is 8.91. The molecule has 1 aromatic carbocycles. The van der Waals surface area contributed by atoms with Gasteiger partial charge in [-0.15, -0.1) is 11.3 Å². The number of ether oxygens (including phenoxy) is 1. The van der Waals surface area contributed by atoms with E-state index < -0.39 is 30.1 Å². The average Bonchev–Trinajstić information content (AvgIpc) is 3.48. The van der Waals surface area contributed by atoms with Crippen molar-refractivity contribution in [3.63, 3.8) is 0 Å². The largest absolute Gasteiger partial charge is 0.476 e. The van der Waals surface area contributed by atoms with Crippen LogP contribution >= 0.6 is 11.3 Å². The number of benzene rings is 1. The lowest BCUT2D eigenvalue weighted by Crippen LogP contribution is -2.61. The summed E-state index contributed by atoms with van der Waals surface area (Å²) in [7, 11) is 1.71. The number of likely N-dealkylation sites (N-methyl/N-ethyl adjacent to an activating group) is 1. The molecule has 10 nitrogen and oxygen atoms in total. The van der Waals surface area contributed by atoms with E-state index in [2.05, 4.69) is 10.3 Å². The van der Waals surface area contributed by atoms with Crippen LogP contribution in [0.15, 0.2) is 35.7 Å². The number of rotatable bonds is 13. The molecule has 2 N–H and O–H groups in total. The van der Waals surface area contributed by atoms with Crippen LogP contribution in [-0.2, 0) is 27.4 Å². The third-order valence-electron chi connectivity index (χ3n) is 8.00. The van der Waals surface area contributed by atoms with Crippen molar-refractivity contribution in [1.82, 2.24) is 20.1 Å². The molecule has 0 saturated carbocycles. The summed E-state index contributed by atoms with van der Waals surface area (Å²) in [6.07, 6.45) is 3.18. The Labute approximate surface area is 252 Å². The number of carboxylic acid groups (broad SMARTS) is 1. The van der Waals surface area contributed by atoms with Crippen molar-refractivity contribution in [3.05, 3.63) is 52.0 Å². The molecule has 3 amide bonds. The second kappa shape index (κ2) is 15.8. The van der Waals surface area contributed by atoms with Gasteiger partial charge in [0.2, 0.25) is 11.8 Å². The number of carbonyl (C=O) groups is 4. The van der Waals surface area contributed by atoms with Crippen molar-refractivity contribution < 1.29 is 29.0 Å². The summed E-state index contributed by atoms with van der Waals surface area (Å²) in [6, 6.07) is 7.39. The van der Waals surface area contributed by atoms with Crippen molar-refractivity contribution >= 4 is 35.2 Å². The number of carboxylic acids is 1. The molecule has 3 rings (SSSR count). The first-order valence-corrected chi connectivity index (χ1v) is 15.6. The lowest BCUT2D eigenvalue weighted by atomic mass is 9.92. The molecule has 2 heterocycles. The second-order valence-electron chi connectivity index (χ2n) is 11.3. The maximum Gasteiger partial charge on any atom is 0.417 e. The molecule has 0 aliphatic carbocycles. The predicted octanol–water partition coefficient (Wildman–Crippen LogP) is 4.98. The highest BCUT2D eigenvalue weighted by molar-refractivity contribution is 7.09. The lowest BCUT2D eigenvalue weighted by molar-refractivity contribution is -0.149. The monoisotopic (exact) mass is 600 g/mol. The first kappa shape index (κ1) is 33.2. The van der Waals surface area contributed by atoms with E-state index in [4.69, 9.17) is 4.74 Å². The van der Waals surface area contributed by atoms with Crippen LogP contribution in [0.25, 0.3) is 0 Å². The number of aromatic nitrogens is 1. The zero-order chi connectivity index (χ0) is 30.8. The van der Waals surface area contributed by atoms with Crippen LogP contribution in [0.5, 0.6) is 0 Å². The predicted molar refractivity (Wildman–Crippen MR) is 161 cm³/mol. The maximum absolute atomic E-state index is 14.3. The minimum Gasteiger partial charge on any atom is -0.476 e. The summed E-state index contributed by atoms with van der Waals surface area (Å²) in [5.41, 5.74) is 0.794. The number of aryl methyl sites for hydroxylation is 1. The fourth-order valence-corrected chi connectivity index (χ4v) is 6.12. The molecule has 1 aliphatic heterocycles. The van der Waals surface area contributed by atoms with Crippen LogP contribution in [0.4, 0.5) is 4.79 Å². The number of imide groups is 1. The Hall–Kier alpha value is -3.31. The molecule has 4 atom stereocenters. The number of aromatic carboxylic acids is 1. The molecule has 11 heteroatoms. The number of thiazole rings is 1. The summed E-state index contributed by atoms with van der Waals surface area (Å²) in [5.74, 6) is -2.09. The van der Waals surface area contributed by atoms with Gasteiger partial charge < -0.3 is 20.1 Å². The number of amides is 3. The number of hydrogen-bond acceptors (Lipinski definition) is 8. The van der Waals surface area contributed by atoms with E-state index in [0.717, 1.165) is 23.3 Å². The molecule has 1 aliphatic rings. The molecule has 42 heavy (non-hydrogen) atoms. The lowest BCUT2D eigenvalue weighted by Gasteiger charge is -2.40. The SMILES string of the molecule is CC[C@@H](C)[C@@H](C(=O)N(C)[C@H](CCc1nc(C(=O)O)cs1)C(C)C)N(C(=O)OCc1ccccc1)C(=O)C1CCCCN1. The summed E-state index contributed by atoms with van der Waals surface area (Å²) >= 11 is 1.28. The van der Waals surface area contributed by atoms with Gasteiger partial charge in [-0.3, -0.25) is 9.59 Å². The molecule has 2 aromatic rings. The number of hydrogen-bond donors (Lipinski definition) is 2. The van der Waals surface area contributed by atoms with E-state index >= 15 is 0 Å². The van der Waals surface area contributed by atoms with Gasteiger partial charge in [0, 0.05) is 24.9 Å². The highest BCUT2D eigenvalue weighted by Gasteiger charge is 2.44. The molecule has 0 spiro atoms. The molecule has 1 unspecified atom stereocenters. The van der Waals surface area contributed by atoms with Crippen LogP contribution in [0.3, 0.4) is 0 Å². The molecule has 230 valence electrons. The van der Waals surface area contributed by atoms with Crippen molar-refractivity contribution in [3.8, 4) is 0 Å². The zero-order valence-corrected chi connectivity index (χ0v) is 26.1. The fourth-order valence-electron chi connectivity index (χ4n) is 5.33. The number of piperidine rings is 1. The average molecular weight is 601 g/mol. The smallest absolute Gasteiger partial charge is 0.417 e. The van der Waals surface area contributed by atoms with Crippen molar-refractivity contribution in [2.75, 3.05) is 13.6 Å². The standard InChI is InChI=1S/C31H44N4O6S/c1-6-21(4)27(29(37)34(5)25(20(2)3)15-16-26-33-24(19-42-26)30(38)39)35(28(36)23-14-10-11-17-32-23)31(40)41-18-22-12-8-7-9-13-22/h7-9,12-13,19-21,23,25,27,32H,6,10-11,14-18H2,1-5H3,(H,38,39)/t21-,23?,25-,27+/m1/s1. The Morgan fingerprint density at radius 3 is 2.43 bits per heavy atom. The minimum absolute atomic E-state index is 0.0110. The molecule has 1 saturated heterocycles. The maximum atomic E-state index is 14.3. The van der Waals surface area contributed by atoms with Crippen LogP contribution < -0.4 is 5.32 Å². The van der Waals surface area contributed by atoms with Gasteiger partial charge in [0.15, 0.2) is 5.69 Å². The van der Waals surface area contributed by atoms with Crippen LogP contribution in [-0.4, -0.2) is 75.5 Å². The highest BCUT2D eigenvalue weighted by atomic mass is 32.1. The van der Waals surface area contributed by atoms with Gasteiger partial charge in [0.25, 0.3) is 0 Å². The van der Waals surface area contributed by atoms with Crippen molar-refractivity contribution in [2.24, 2.45) is 11.8 Å². The molecule has 0 radical (unpaired) electrons. The zero-order valence-electron chi connectivity index (χ0n) is 25.2. The van der Waals surface area contributed by atoms with E-state index in [1.54, 1.807) is 11.9 Å². The Balaban J connectivity index is 1.88. The first-order valence-electron chi connectivity index (χ1n) is 14.8. The van der Waals surface area contributed by atoms with Crippen LogP contribution in [0.1, 0.15) is 80.9 Å².